The van der Waals surface area contributed by atoms with Crippen LogP contribution in [0.1, 0.15) is 76.5 Å². The lowest BCUT2D eigenvalue weighted by atomic mass is 9.72. The highest BCUT2D eigenvalue weighted by Gasteiger charge is 2.36. The smallest absolute Gasteiger partial charge is 0.126 e. The first-order chi connectivity index (χ1) is 14.6. The molecule has 2 nitrogen and oxygen atoms in total. The summed E-state index contributed by atoms with van der Waals surface area (Å²) in [7, 11) is 0. The zero-order valence-corrected chi connectivity index (χ0v) is 19.3. The molecule has 0 aromatic heterocycles. The molecule has 0 spiro atoms. The van der Waals surface area contributed by atoms with Gasteiger partial charge in [-0.05, 0) is 78.7 Å². The van der Waals surface area contributed by atoms with Gasteiger partial charge in [0.25, 0.3) is 0 Å². The minimum Gasteiger partial charge on any atom is -0.392 e. The van der Waals surface area contributed by atoms with E-state index >= 15 is 0 Å². The first-order valence-corrected chi connectivity index (χ1v) is 11.6. The van der Waals surface area contributed by atoms with Crippen LogP contribution in [0.15, 0.2) is 42.5 Å². The van der Waals surface area contributed by atoms with E-state index in [1.165, 1.54) is 23.3 Å². The van der Waals surface area contributed by atoms with Crippen molar-refractivity contribution in [1.29, 1.82) is 0 Å². The fourth-order valence-electron chi connectivity index (χ4n) is 4.61. The van der Waals surface area contributed by atoms with E-state index in [-0.39, 0.29) is 11.0 Å². The largest absolute Gasteiger partial charge is 0.392 e. The van der Waals surface area contributed by atoms with Crippen LogP contribution < -0.4 is 5.32 Å². The first-order valence-electron chi connectivity index (χ1n) is 11.6. The normalized spacial score (nSPS) is 23.0. The Balaban J connectivity index is 1.70. The summed E-state index contributed by atoms with van der Waals surface area (Å²) < 4.78 is 26.8. The molecule has 0 amide bonds. The Kier molecular flexibility index (Phi) is 7.54. The Morgan fingerprint density at radius 3 is 2.32 bits per heavy atom. The van der Waals surface area contributed by atoms with Crippen molar-refractivity contribution in [2.75, 3.05) is 6.54 Å². The average molecular weight is 430 g/mol. The molecule has 0 aliphatic heterocycles. The van der Waals surface area contributed by atoms with Gasteiger partial charge in [-0.2, -0.15) is 0 Å². The van der Waals surface area contributed by atoms with Crippen molar-refractivity contribution in [2.24, 2.45) is 5.92 Å². The van der Waals surface area contributed by atoms with E-state index < -0.39 is 17.7 Å². The van der Waals surface area contributed by atoms with Crippen LogP contribution in [0.25, 0.3) is 0 Å². The van der Waals surface area contributed by atoms with Crippen molar-refractivity contribution >= 4 is 0 Å². The average Bonchev–Trinajstić information content (AvgIpc) is 2.71. The van der Waals surface area contributed by atoms with Crippen LogP contribution in [0, 0.1) is 17.6 Å². The second-order valence-corrected chi connectivity index (χ2v) is 10.4. The number of aryl methyl sites for hydroxylation is 1. The molecule has 0 bridgehead atoms. The summed E-state index contributed by atoms with van der Waals surface area (Å²) in [6.07, 6.45) is 4.74. The lowest BCUT2D eigenvalue weighted by Gasteiger charge is -2.42. The van der Waals surface area contributed by atoms with Crippen molar-refractivity contribution in [2.45, 2.75) is 83.3 Å². The summed E-state index contributed by atoms with van der Waals surface area (Å²) in [6.45, 7) is 9.46. The molecule has 170 valence electrons. The predicted molar refractivity (Wildman–Crippen MR) is 123 cm³/mol. The molecule has 1 aliphatic rings. The molecule has 2 aromatic rings. The molecule has 1 aliphatic carbocycles. The van der Waals surface area contributed by atoms with Crippen LogP contribution in [0.3, 0.4) is 0 Å². The second kappa shape index (κ2) is 9.79. The van der Waals surface area contributed by atoms with Crippen LogP contribution >= 0.6 is 0 Å². The summed E-state index contributed by atoms with van der Waals surface area (Å²) in [5.74, 6) is -0.429. The summed E-state index contributed by atoms with van der Waals surface area (Å²) in [5.41, 5.74) is 3.14. The summed E-state index contributed by atoms with van der Waals surface area (Å²) >= 11 is 0. The molecule has 2 aromatic carbocycles. The molecule has 1 atom stereocenters. The Morgan fingerprint density at radius 2 is 1.71 bits per heavy atom. The molecule has 0 saturated heterocycles. The van der Waals surface area contributed by atoms with E-state index in [4.69, 9.17) is 0 Å². The first kappa shape index (κ1) is 23.9. The number of halogens is 2. The van der Waals surface area contributed by atoms with Gasteiger partial charge in [-0.1, -0.05) is 52.0 Å². The third-order valence-corrected chi connectivity index (χ3v) is 6.77. The highest BCUT2D eigenvalue weighted by atomic mass is 19.1. The Bertz CT molecular complexity index is 846. The lowest BCUT2D eigenvalue weighted by molar-refractivity contribution is 0.124. The number of aliphatic hydroxyl groups excluding tert-OH is 1. The van der Waals surface area contributed by atoms with E-state index in [0.29, 0.717) is 30.9 Å². The van der Waals surface area contributed by atoms with Gasteiger partial charge < -0.3 is 10.4 Å². The number of aliphatic hydroxyl groups is 1. The number of hydrogen-bond donors (Lipinski definition) is 2. The Morgan fingerprint density at radius 1 is 1.06 bits per heavy atom. The van der Waals surface area contributed by atoms with Crippen molar-refractivity contribution in [3.8, 4) is 0 Å². The van der Waals surface area contributed by atoms with Crippen molar-refractivity contribution in [3.05, 3.63) is 70.8 Å². The van der Waals surface area contributed by atoms with Crippen LogP contribution in [0.2, 0.25) is 0 Å². The van der Waals surface area contributed by atoms with Gasteiger partial charge in [0.1, 0.15) is 11.6 Å². The maximum absolute atomic E-state index is 13.4. The van der Waals surface area contributed by atoms with Crippen molar-refractivity contribution in [3.63, 3.8) is 0 Å². The van der Waals surface area contributed by atoms with Gasteiger partial charge in [-0.15, -0.1) is 0 Å². The predicted octanol–water partition coefficient (Wildman–Crippen LogP) is 6.25. The van der Waals surface area contributed by atoms with Crippen molar-refractivity contribution < 1.29 is 13.9 Å². The number of nitrogens with one attached hydrogen (secondary N) is 1. The van der Waals surface area contributed by atoms with Gasteiger partial charge >= 0.3 is 0 Å². The third kappa shape index (κ3) is 6.36. The van der Waals surface area contributed by atoms with E-state index in [2.05, 4.69) is 57.3 Å². The van der Waals surface area contributed by atoms with Crippen molar-refractivity contribution in [1.82, 2.24) is 5.32 Å². The SMILES string of the molecule is CC1CCC(NC[C@@H](O)CCc2cc(F)cc(F)c2)(c2cccc(C(C)(C)C)c2)CC1. The highest BCUT2D eigenvalue weighted by Crippen LogP contribution is 2.40. The van der Waals surface area contributed by atoms with Gasteiger partial charge in [-0.3, -0.25) is 0 Å². The van der Waals surface area contributed by atoms with Crippen LogP contribution in [0.4, 0.5) is 8.78 Å². The molecule has 1 saturated carbocycles. The molecule has 4 heteroatoms. The monoisotopic (exact) mass is 429 g/mol. The minimum absolute atomic E-state index is 0.0822. The summed E-state index contributed by atoms with van der Waals surface area (Å²) in [4.78, 5) is 0. The van der Waals surface area contributed by atoms with E-state index in [9.17, 15) is 13.9 Å². The zero-order chi connectivity index (χ0) is 22.6. The maximum atomic E-state index is 13.4. The van der Waals surface area contributed by atoms with Crippen LogP contribution in [0.5, 0.6) is 0 Å². The minimum atomic E-state index is -0.576. The molecular formula is C27H37F2NO. The molecule has 3 rings (SSSR count). The molecule has 1 fully saturated rings. The third-order valence-electron chi connectivity index (χ3n) is 6.77. The standard InChI is InChI=1S/C27H37F2NO/c1-19-10-12-27(13-11-19,22-7-5-6-21(16-22)26(2,3)4)30-18-25(31)9-8-20-14-23(28)17-24(29)15-20/h5-7,14-17,19,25,30-31H,8-13,18H2,1-4H3/t19?,25-,27?/m0/s1. The van der Waals surface area contributed by atoms with Crippen LogP contribution in [-0.2, 0) is 17.4 Å². The topological polar surface area (TPSA) is 32.3 Å². The molecule has 31 heavy (non-hydrogen) atoms. The number of rotatable bonds is 7. The summed E-state index contributed by atoms with van der Waals surface area (Å²) in [6, 6.07) is 12.4. The number of benzene rings is 2. The Hall–Kier alpha value is -1.78. The van der Waals surface area contributed by atoms with Gasteiger partial charge in [0.2, 0.25) is 0 Å². The molecule has 0 radical (unpaired) electrons. The van der Waals surface area contributed by atoms with Gasteiger partial charge in [-0.25, -0.2) is 8.78 Å². The maximum Gasteiger partial charge on any atom is 0.126 e. The highest BCUT2D eigenvalue weighted by molar-refractivity contribution is 5.34. The van der Waals surface area contributed by atoms with E-state index in [1.54, 1.807) is 0 Å². The van der Waals surface area contributed by atoms with Gasteiger partial charge in [0.15, 0.2) is 0 Å². The van der Waals surface area contributed by atoms with Crippen LogP contribution in [-0.4, -0.2) is 17.8 Å². The zero-order valence-electron chi connectivity index (χ0n) is 19.3. The quantitative estimate of drug-likeness (QED) is 0.545. The number of hydrogen-bond acceptors (Lipinski definition) is 2. The fraction of sp³-hybridized carbons (Fsp3) is 0.556. The molecule has 2 N–H and O–H groups in total. The van der Waals surface area contributed by atoms with E-state index in [1.807, 2.05) is 0 Å². The van der Waals surface area contributed by atoms with Gasteiger partial charge in [0, 0.05) is 18.2 Å². The molecule has 0 heterocycles. The second-order valence-electron chi connectivity index (χ2n) is 10.4. The fourth-order valence-corrected chi connectivity index (χ4v) is 4.61. The van der Waals surface area contributed by atoms with E-state index in [0.717, 1.165) is 31.7 Å². The Labute approximate surface area is 186 Å². The molecule has 0 unspecified atom stereocenters. The molecular weight excluding hydrogens is 392 g/mol. The van der Waals surface area contributed by atoms with Gasteiger partial charge in [0.05, 0.1) is 6.10 Å². The summed E-state index contributed by atoms with van der Waals surface area (Å²) in [5, 5.41) is 14.3. The lowest BCUT2D eigenvalue weighted by Crippen LogP contribution is -2.48.